The van der Waals surface area contributed by atoms with Gasteiger partial charge in [-0.2, -0.15) is 0 Å². The monoisotopic (exact) mass is 178 g/mol. The van der Waals surface area contributed by atoms with Gasteiger partial charge in [0.15, 0.2) is 0 Å². The maximum atomic E-state index is 11.0. The Hall–Kier alpha value is -0.620. The first kappa shape index (κ1) is 8.48. The van der Waals surface area contributed by atoms with Crippen LogP contribution in [0.4, 0.5) is 0 Å². The second kappa shape index (κ2) is 3.19. The molecule has 1 rings (SSSR count). The van der Waals surface area contributed by atoms with E-state index in [-0.39, 0.29) is 5.91 Å². The van der Waals surface area contributed by atoms with Gasteiger partial charge in [-0.05, 0) is 6.42 Å². The van der Waals surface area contributed by atoms with Gasteiger partial charge in [0.2, 0.25) is 16.8 Å². The average Bonchev–Trinajstić information content (AvgIpc) is 2.18. The molecule has 0 bridgehead atoms. The maximum Gasteiger partial charge on any atom is 0.240 e. The van der Waals surface area contributed by atoms with Crippen molar-refractivity contribution in [3.8, 4) is 0 Å². The van der Waals surface area contributed by atoms with Crippen LogP contribution in [0.25, 0.3) is 0 Å². The summed E-state index contributed by atoms with van der Waals surface area (Å²) in [4.78, 5) is 12.5. The normalized spacial score (nSPS) is 25.1. The number of thiol groups is 1. The fourth-order valence-electron chi connectivity index (χ4n) is 1.07. The molecule has 1 atom stereocenters. The Morgan fingerprint density at radius 3 is 2.64 bits per heavy atom. The molecule has 0 unspecified atom stereocenters. The number of amides is 1. The summed E-state index contributed by atoms with van der Waals surface area (Å²) in [6, 6.07) is -0.527. The highest BCUT2D eigenvalue weighted by Gasteiger charge is 2.28. The van der Waals surface area contributed by atoms with Gasteiger partial charge in [-0.3, -0.25) is 4.79 Å². The van der Waals surface area contributed by atoms with Gasteiger partial charge in [-0.15, -0.1) is 0 Å². The van der Waals surface area contributed by atoms with Crippen LogP contribution in [0.5, 0.6) is 0 Å². The Morgan fingerprint density at radius 1 is 1.64 bits per heavy atom. The summed E-state index contributed by atoms with van der Waals surface area (Å²) in [6.07, 6.45) is 0.568. The molecule has 0 saturated carbocycles. The van der Waals surface area contributed by atoms with E-state index in [0.29, 0.717) is 13.0 Å². The number of carbonyl (C=O) groups excluding carboxylic acids is 1. The minimum Gasteiger partial charge on any atom is -0.344 e. The molecule has 64 valence electrons. The van der Waals surface area contributed by atoms with Gasteiger partial charge in [0.25, 0.3) is 0 Å². The molecule has 0 spiro atoms. The molecular formula is C5H10N2O3S. The van der Waals surface area contributed by atoms with Crippen molar-refractivity contribution in [3.05, 3.63) is 0 Å². The Labute approximate surface area is 66.5 Å². The van der Waals surface area contributed by atoms with Gasteiger partial charge >= 0.3 is 0 Å². The first-order valence-electron chi connectivity index (χ1n) is 3.27. The van der Waals surface area contributed by atoms with Crippen LogP contribution in [-0.2, 0) is 15.7 Å². The summed E-state index contributed by atoms with van der Waals surface area (Å²) in [5, 5.41) is 0. The van der Waals surface area contributed by atoms with Crippen molar-refractivity contribution in [1.29, 1.82) is 0 Å². The largest absolute Gasteiger partial charge is 0.344 e. The standard InChI is InChI=1S/C5H10N2O3S/c1-7-3-2-4(5(7)8)6-11(9)10/h4,11H,2-3H2,1H3,(H,6,9,10)/t4-/m0/s1. The summed E-state index contributed by atoms with van der Waals surface area (Å²) in [5.74, 6) is -0.149. The smallest absolute Gasteiger partial charge is 0.240 e. The van der Waals surface area contributed by atoms with Crippen molar-refractivity contribution in [2.45, 2.75) is 12.5 Å². The molecule has 1 aliphatic heterocycles. The van der Waals surface area contributed by atoms with Gasteiger partial charge in [-0.25, -0.2) is 13.1 Å². The molecule has 1 heterocycles. The Bertz CT molecular complexity index is 230. The van der Waals surface area contributed by atoms with Crippen molar-refractivity contribution in [3.63, 3.8) is 0 Å². The van der Waals surface area contributed by atoms with E-state index in [0.717, 1.165) is 0 Å². The van der Waals surface area contributed by atoms with Crippen LogP contribution in [0, 0.1) is 0 Å². The van der Waals surface area contributed by atoms with Crippen LogP contribution in [0.3, 0.4) is 0 Å². The number of hydrogen-bond donors (Lipinski definition) is 2. The highest BCUT2D eigenvalue weighted by atomic mass is 32.2. The number of carbonyl (C=O) groups is 1. The molecule has 5 nitrogen and oxygen atoms in total. The summed E-state index contributed by atoms with van der Waals surface area (Å²) in [5.41, 5.74) is 0. The van der Waals surface area contributed by atoms with Crippen LogP contribution >= 0.6 is 0 Å². The van der Waals surface area contributed by atoms with E-state index in [9.17, 15) is 13.2 Å². The van der Waals surface area contributed by atoms with Crippen molar-refractivity contribution in [1.82, 2.24) is 9.62 Å². The van der Waals surface area contributed by atoms with Crippen LogP contribution < -0.4 is 4.72 Å². The Kier molecular flexibility index (Phi) is 2.45. The topological polar surface area (TPSA) is 66.5 Å². The summed E-state index contributed by atoms with van der Waals surface area (Å²) >= 11 is 0. The number of hydrogen-bond acceptors (Lipinski definition) is 3. The third-order valence-corrected chi connectivity index (χ3v) is 2.21. The fraction of sp³-hybridized carbons (Fsp3) is 0.800. The molecule has 0 aliphatic carbocycles. The Balaban J connectivity index is 2.55. The van der Waals surface area contributed by atoms with E-state index in [2.05, 4.69) is 4.72 Å². The molecule has 1 fully saturated rings. The van der Waals surface area contributed by atoms with E-state index in [1.165, 1.54) is 4.90 Å². The van der Waals surface area contributed by atoms with Gasteiger partial charge in [0.1, 0.15) is 6.04 Å². The average molecular weight is 178 g/mol. The van der Waals surface area contributed by atoms with Gasteiger partial charge in [-0.1, -0.05) is 0 Å². The van der Waals surface area contributed by atoms with Gasteiger partial charge in [0, 0.05) is 13.6 Å². The second-order valence-electron chi connectivity index (χ2n) is 2.49. The lowest BCUT2D eigenvalue weighted by molar-refractivity contribution is -0.127. The summed E-state index contributed by atoms with van der Waals surface area (Å²) in [6.45, 7) is 0.625. The maximum absolute atomic E-state index is 11.0. The van der Waals surface area contributed by atoms with Crippen LogP contribution in [0.1, 0.15) is 6.42 Å². The van der Waals surface area contributed by atoms with Crippen molar-refractivity contribution in [2.24, 2.45) is 0 Å². The zero-order valence-corrected chi connectivity index (χ0v) is 7.01. The highest BCUT2D eigenvalue weighted by molar-refractivity contribution is 7.70. The SMILES string of the molecule is CN1CC[C@H](N[SH](=O)=O)C1=O. The minimum absolute atomic E-state index is 0.149. The first-order valence-corrected chi connectivity index (χ1v) is 4.44. The number of nitrogens with zero attached hydrogens (tertiary/aromatic N) is 1. The number of rotatable bonds is 2. The molecule has 0 aromatic rings. The van der Waals surface area contributed by atoms with E-state index in [1.54, 1.807) is 7.05 Å². The molecule has 6 heteroatoms. The Morgan fingerprint density at radius 2 is 2.27 bits per heavy atom. The molecule has 1 aliphatic rings. The molecule has 1 saturated heterocycles. The third kappa shape index (κ3) is 1.90. The summed E-state index contributed by atoms with van der Waals surface area (Å²) in [7, 11) is -1.00. The third-order valence-electron chi connectivity index (χ3n) is 1.69. The quantitative estimate of drug-likeness (QED) is 0.497. The van der Waals surface area contributed by atoms with E-state index < -0.39 is 16.9 Å². The lowest BCUT2D eigenvalue weighted by Crippen LogP contribution is -2.35. The molecule has 11 heavy (non-hydrogen) atoms. The van der Waals surface area contributed by atoms with Crippen LogP contribution in [0.15, 0.2) is 0 Å². The number of likely N-dealkylation sites (tertiary alicyclic amines) is 1. The number of nitrogens with one attached hydrogen (secondary N) is 1. The van der Waals surface area contributed by atoms with Crippen LogP contribution in [0.2, 0.25) is 0 Å². The predicted octanol–water partition coefficient (Wildman–Crippen LogP) is -1.67. The zero-order valence-electron chi connectivity index (χ0n) is 6.11. The zero-order chi connectivity index (χ0) is 8.43. The molecule has 1 N–H and O–H groups in total. The predicted molar refractivity (Wildman–Crippen MR) is 39.5 cm³/mol. The number of likely N-dealkylation sites (N-methyl/N-ethyl adjacent to an activating group) is 1. The van der Waals surface area contributed by atoms with E-state index >= 15 is 0 Å². The lowest BCUT2D eigenvalue weighted by atomic mass is 10.3. The van der Waals surface area contributed by atoms with Crippen molar-refractivity contribution < 1.29 is 13.2 Å². The molecule has 0 radical (unpaired) electrons. The lowest BCUT2D eigenvalue weighted by Gasteiger charge is -2.07. The first-order chi connectivity index (χ1) is 5.11. The van der Waals surface area contributed by atoms with Gasteiger partial charge < -0.3 is 4.90 Å². The molecule has 0 aromatic carbocycles. The van der Waals surface area contributed by atoms with E-state index in [1.807, 2.05) is 0 Å². The van der Waals surface area contributed by atoms with Crippen LogP contribution in [-0.4, -0.2) is 38.9 Å². The van der Waals surface area contributed by atoms with Crippen molar-refractivity contribution in [2.75, 3.05) is 13.6 Å². The van der Waals surface area contributed by atoms with E-state index in [4.69, 9.17) is 0 Å². The minimum atomic E-state index is -2.65. The second-order valence-corrected chi connectivity index (χ2v) is 3.26. The highest BCUT2D eigenvalue weighted by Crippen LogP contribution is 2.07. The van der Waals surface area contributed by atoms with Crippen molar-refractivity contribution >= 4 is 16.8 Å². The molecule has 1 amide bonds. The molecular weight excluding hydrogens is 168 g/mol. The molecule has 0 aromatic heterocycles. The van der Waals surface area contributed by atoms with Gasteiger partial charge in [0.05, 0.1) is 0 Å². The summed E-state index contributed by atoms with van der Waals surface area (Å²) < 4.78 is 22.5. The fourth-order valence-corrected chi connectivity index (χ4v) is 1.56.